The largest absolute Gasteiger partial charge is 0.434 e. The van der Waals surface area contributed by atoms with E-state index in [1.807, 2.05) is 4.72 Å². The highest BCUT2D eigenvalue weighted by Crippen LogP contribution is 2.32. The van der Waals surface area contributed by atoms with E-state index in [9.17, 15) is 31.2 Å². The lowest BCUT2D eigenvalue weighted by Crippen LogP contribution is -2.41. The van der Waals surface area contributed by atoms with Gasteiger partial charge in [0, 0.05) is 13.2 Å². The predicted octanol–water partition coefficient (Wildman–Crippen LogP) is 0.136. The van der Waals surface area contributed by atoms with Crippen LogP contribution in [0.1, 0.15) is 12.1 Å². The van der Waals surface area contributed by atoms with E-state index in [-0.39, 0.29) is 0 Å². The van der Waals surface area contributed by atoms with E-state index in [0.29, 0.717) is 4.90 Å². The second-order valence-electron chi connectivity index (χ2n) is 4.52. The SMILES string of the molecule is CN1C(=O)CC(NS(=O)(=O)c2cccnc2C(F)(F)F)C1=O. The van der Waals surface area contributed by atoms with Crippen molar-refractivity contribution in [3.8, 4) is 0 Å². The first kappa shape index (κ1) is 16.4. The fourth-order valence-electron chi connectivity index (χ4n) is 1.92. The molecule has 1 aliphatic heterocycles. The van der Waals surface area contributed by atoms with E-state index in [1.54, 1.807) is 0 Å². The molecule has 11 heteroatoms. The zero-order valence-corrected chi connectivity index (χ0v) is 11.9. The van der Waals surface area contributed by atoms with E-state index < -0.39 is 51.1 Å². The predicted molar refractivity (Wildman–Crippen MR) is 65.7 cm³/mol. The third-order valence-electron chi connectivity index (χ3n) is 3.01. The van der Waals surface area contributed by atoms with Gasteiger partial charge in [-0.3, -0.25) is 19.5 Å². The van der Waals surface area contributed by atoms with Crippen molar-refractivity contribution in [3.05, 3.63) is 24.0 Å². The Labute approximate surface area is 123 Å². The molecule has 0 aliphatic carbocycles. The van der Waals surface area contributed by atoms with Gasteiger partial charge < -0.3 is 0 Å². The number of alkyl halides is 3. The minimum Gasteiger partial charge on any atom is -0.284 e. The number of aromatic nitrogens is 1. The second kappa shape index (κ2) is 5.32. The number of pyridine rings is 1. The Balaban J connectivity index is 2.37. The van der Waals surface area contributed by atoms with Gasteiger partial charge in [0.05, 0.1) is 6.42 Å². The number of hydrogen-bond acceptors (Lipinski definition) is 5. The van der Waals surface area contributed by atoms with Crippen LogP contribution in [0.4, 0.5) is 13.2 Å². The molecule has 0 saturated carbocycles. The van der Waals surface area contributed by atoms with Gasteiger partial charge in [-0.25, -0.2) is 8.42 Å². The standard InChI is InChI=1S/C11H10F3N3O4S/c1-17-8(18)5-6(10(17)19)16-22(20,21)7-3-2-4-15-9(7)11(12,13)14/h2-4,6,16H,5H2,1H3. The van der Waals surface area contributed by atoms with Crippen LogP contribution >= 0.6 is 0 Å². The average Bonchev–Trinajstić information content (AvgIpc) is 2.65. The molecule has 1 aliphatic rings. The van der Waals surface area contributed by atoms with Crippen molar-refractivity contribution in [3.63, 3.8) is 0 Å². The molecule has 1 saturated heterocycles. The lowest BCUT2D eigenvalue weighted by atomic mass is 10.3. The molecule has 1 unspecified atom stereocenters. The molecule has 1 aromatic rings. The Bertz CT molecular complexity index is 732. The van der Waals surface area contributed by atoms with Crippen molar-refractivity contribution in [2.24, 2.45) is 0 Å². The molecule has 2 heterocycles. The molecule has 0 bridgehead atoms. The first-order chi connectivity index (χ1) is 10.0. The summed E-state index contributed by atoms with van der Waals surface area (Å²) in [7, 11) is -3.51. The molecule has 120 valence electrons. The molecule has 22 heavy (non-hydrogen) atoms. The highest BCUT2D eigenvalue weighted by atomic mass is 32.2. The molecule has 0 spiro atoms. The first-order valence-electron chi connectivity index (χ1n) is 5.89. The van der Waals surface area contributed by atoms with Crippen LogP contribution in [-0.4, -0.2) is 43.2 Å². The van der Waals surface area contributed by atoms with Gasteiger partial charge >= 0.3 is 6.18 Å². The summed E-state index contributed by atoms with van der Waals surface area (Å²) in [4.78, 5) is 25.6. The Morgan fingerprint density at radius 2 is 2.00 bits per heavy atom. The fourth-order valence-corrected chi connectivity index (χ4v) is 3.29. The summed E-state index contributed by atoms with van der Waals surface area (Å²) in [6.45, 7) is 0. The smallest absolute Gasteiger partial charge is 0.284 e. The van der Waals surface area contributed by atoms with Crippen molar-refractivity contribution in [1.82, 2.24) is 14.6 Å². The summed E-state index contributed by atoms with van der Waals surface area (Å²) < 4.78 is 64.4. The number of rotatable bonds is 3. The van der Waals surface area contributed by atoms with Crippen molar-refractivity contribution in [2.75, 3.05) is 7.05 Å². The molecule has 1 fully saturated rings. The number of halogens is 3. The van der Waals surface area contributed by atoms with Crippen LogP contribution in [0.25, 0.3) is 0 Å². The van der Waals surface area contributed by atoms with E-state index in [0.717, 1.165) is 25.4 Å². The molecular weight excluding hydrogens is 327 g/mol. The minimum absolute atomic E-state index is 0.448. The number of likely N-dealkylation sites (N-methyl/N-ethyl adjacent to an activating group) is 1. The summed E-state index contributed by atoms with van der Waals surface area (Å²) in [5.41, 5.74) is -1.59. The van der Waals surface area contributed by atoms with Crippen molar-refractivity contribution in [2.45, 2.75) is 23.5 Å². The summed E-state index contributed by atoms with van der Waals surface area (Å²) in [6.07, 6.45) is -4.62. The zero-order chi connectivity index (χ0) is 16.7. The monoisotopic (exact) mass is 337 g/mol. The topological polar surface area (TPSA) is 96.4 Å². The number of nitrogens with zero attached hydrogens (tertiary/aromatic N) is 2. The van der Waals surface area contributed by atoms with E-state index in [2.05, 4.69) is 4.98 Å². The van der Waals surface area contributed by atoms with Gasteiger partial charge in [0.1, 0.15) is 10.9 Å². The number of sulfonamides is 1. The van der Waals surface area contributed by atoms with Gasteiger partial charge in [-0.05, 0) is 12.1 Å². The van der Waals surface area contributed by atoms with Crippen molar-refractivity contribution < 1.29 is 31.2 Å². The quantitative estimate of drug-likeness (QED) is 0.791. The number of likely N-dealkylation sites (tertiary alicyclic amines) is 1. The van der Waals surface area contributed by atoms with Crippen LogP contribution in [0.15, 0.2) is 23.2 Å². The van der Waals surface area contributed by atoms with Crippen molar-refractivity contribution >= 4 is 21.8 Å². The molecule has 1 atom stereocenters. The number of carbonyl (C=O) groups is 2. The van der Waals surface area contributed by atoms with Crippen LogP contribution in [0.5, 0.6) is 0 Å². The number of amides is 2. The maximum absolute atomic E-state index is 12.8. The van der Waals surface area contributed by atoms with Crippen LogP contribution in [-0.2, 0) is 25.8 Å². The second-order valence-corrected chi connectivity index (χ2v) is 6.20. The van der Waals surface area contributed by atoms with Crippen LogP contribution in [0, 0.1) is 0 Å². The third kappa shape index (κ3) is 2.95. The number of hydrogen-bond donors (Lipinski definition) is 1. The zero-order valence-electron chi connectivity index (χ0n) is 11.1. The van der Waals surface area contributed by atoms with E-state index in [4.69, 9.17) is 0 Å². The molecule has 1 aromatic heterocycles. The summed E-state index contributed by atoms with van der Waals surface area (Å²) >= 11 is 0. The number of imide groups is 1. The molecule has 7 nitrogen and oxygen atoms in total. The Morgan fingerprint density at radius 1 is 1.36 bits per heavy atom. The van der Waals surface area contributed by atoms with Crippen LogP contribution in [0.3, 0.4) is 0 Å². The minimum atomic E-state index is -4.97. The van der Waals surface area contributed by atoms with Gasteiger partial charge in [-0.2, -0.15) is 17.9 Å². The molecular formula is C11H10F3N3O4S. The highest BCUT2D eigenvalue weighted by Gasteiger charge is 2.42. The number of carbonyl (C=O) groups excluding carboxylic acids is 2. The Hall–Kier alpha value is -2.01. The van der Waals surface area contributed by atoms with Gasteiger partial charge in [-0.1, -0.05) is 0 Å². The summed E-state index contributed by atoms with van der Waals surface area (Å²) in [5.74, 6) is -1.45. The Kier molecular flexibility index (Phi) is 3.96. The third-order valence-corrected chi connectivity index (χ3v) is 4.51. The lowest BCUT2D eigenvalue weighted by molar-refractivity contribution is -0.143. The van der Waals surface area contributed by atoms with Crippen LogP contribution in [0.2, 0.25) is 0 Å². The maximum atomic E-state index is 12.8. The van der Waals surface area contributed by atoms with E-state index >= 15 is 0 Å². The molecule has 2 amide bonds. The summed E-state index contributed by atoms with van der Waals surface area (Å²) in [5, 5.41) is 0. The summed E-state index contributed by atoms with van der Waals surface area (Å²) in [6, 6.07) is 0.324. The first-order valence-corrected chi connectivity index (χ1v) is 7.37. The van der Waals surface area contributed by atoms with E-state index in [1.165, 1.54) is 0 Å². The number of nitrogens with one attached hydrogen (secondary N) is 1. The molecule has 0 aromatic carbocycles. The fraction of sp³-hybridized carbons (Fsp3) is 0.364. The average molecular weight is 337 g/mol. The maximum Gasteiger partial charge on any atom is 0.434 e. The van der Waals surface area contributed by atoms with Crippen LogP contribution < -0.4 is 4.72 Å². The van der Waals surface area contributed by atoms with Gasteiger partial charge in [0.25, 0.3) is 0 Å². The highest BCUT2D eigenvalue weighted by molar-refractivity contribution is 7.89. The molecule has 1 N–H and O–H groups in total. The van der Waals surface area contributed by atoms with Crippen molar-refractivity contribution in [1.29, 1.82) is 0 Å². The molecule has 0 radical (unpaired) electrons. The molecule has 2 rings (SSSR count). The van der Waals surface area contributed by atoms with Gasteiger partial charge in [0.2, 0.25) is 21.8 Å². The Morgan fingerprint density at radius 3 is 2.50 bits per heavy atom. The van der Waals surface area contributed by atoms with Gasteiger partial charge in [0.15, 0.2) is 5.69 Å². The normalized spacial score (nSPS) is 19.8. The lowest BCUT2D eigenvalue weighted by Gasteiger charge is -2.15. The van der Waals surface area contributed by atoms with Gasteiger partial charge in [-0.15, -0.1) is 0 Å².